The summed E-state index contributed by atoms with van der Waals surface area (Å²) in [6, 6.07) is 5.57. The maximum Gasteiger partial charge on any atom is 0.126 e. The highest BCUT2D eigenvalue weighted by molar-refractivity contribution is 5.23. The predicted octanol–water partition coefficient (Wildman–Crippen LogP) is 3.30. The summed E-state index contributed by atoms with van der Waals surface area (Å²) < 4.78 is 13.4. The van der Waals surface area contributed by atoms with Crippen LogP contribution < -0.4 is 0 Å². The molecule has 19 heavy (non-hydrogen) atoms. The van der Waals surface area contributed by atoms with Crippen molar-refractivity contribution < 1.29 is 4.39 Å². The average Bonchev–Trinajstić information content (AvgIpc) is 2.46. The van der Waals surface area contributed by atoms with E-state index in [2.05, 4.69) is 16.7 Å². The lowest BCUT2D eigenvalue weighted by molar-refractivity contribution is 0.132. The van der Waals surface area contributed by atoms with Gasteiger partial charge in [-0.2, -0.15) is 0 Å². The van der Waals surface area contributed by atoms with Crippen molar-refractivity contribution in [2.45, 2.75) is 34.2 Å². The van der Waals surface area contributed by atoms with Gasteiger partial charge in [0.1, 0.15) is 5.82 Å². The Morgan fingerprint density at radius 1 is 1.05 bits per heavy atom. The maximum absolute atomic E-state index is 13.4. The Balaban J connectivity index is 0.000000861. The molecule has 0 amide bonds. The van der Waals surface area contributed by atoms with E-state index in [-0.39, 0.29) is 5.82 Å². The smallest absolute Gasteiger partial charge is 0.126 e. The van der Waals surface area contributed by atoms with Crippen LogP contribution in [0, 0.1) is 12.7 Å². The average molecular weight is 266 g/mol. The molecule has 1 aliphatic heterocycles. The zero-order valence-corrected chi connectivity index (χ0v) is 12.7. The minimum atomic E-state index is -0.0882. The Labute approximate surface area is 117 Å². The summed E-state index contributed by atoms with van der Waals surface area (Å²) in [5, 5.41) is 0. The molecule has 0 bridgehead atoms. The Bertz CT molecular complexity index is 371. The number of hydrogen-bond acceptors (Lipinski definition) is 2. The molecule has 1 aliphatic rings. The Kier molecular flexibility index (Phi) is 7.03. The van der Waals surface area contributed by atoms with Crippen LogP contribution in [0.15, 0.2) is 18.2 Å². The number of piperazine rings is 1. The minimum absolute atomic E-state index is 0.0882. The number of benzene rings is 1. The maximum atomic E-state index is 13.4. The van der Waals surface area contributed by atoms with Crippen molar-refractivity contribution in [2.75, 3.05) is 32.7 Å². The van der Waals surface area contributed by atoms with Gasteiger partial charge in [0.05, 0.1) is 0 Å². The molecular formula is C16H27FN2. The van der Waals surface area contributed by atoms with Crippen LogP contribution in [0.2, 0.25) is 0 Å². The second kappa shape index (κ2) is 8.28. The fraction of sp³-hybridized carbons (Fsp3) is 0.625. The number of nitrogens with zero attached hydrogens (tertiary/aromatic N) is 2. The molecule has 1 fully saturated rings. The van der Waals surface area contributed by atoms with E-state index in [9.17, 15) is 4.39 Å². The molecule has 0 atom stereocenters. The fourth-order valence-electron chi connectivity index (χ4n) is 2.26. The van der Waals surface area contributed by atoms with E-state index in [1.165, 1.54) is 0 Å². The minimum Gasteiger partial charge on any atom is -0.301 e. The highest BCUT2D eigenvalue weighted by atomic mass is 19.1. The third-order valence-corrected chi connectivity index (χ3v) is 3.55. The van der Waals surface area contributed by atoms with Crippen LogP contribution in [-0.4, -0.2) is 42.5 Å². The zero-order chi connectivity index (χ0) is 14.3. The van der Waals surface area contributed by atoms with E-state index >= 15 is 0 Å². The van der Waals surface area contributed by atoms with Gasteiger partial charge in [0.2, 0.25) is 0 Å². The Hall–Kier alpha value is -0.930. The third kappa shape index (κ3) is 4.92. The van der Waals surface area contributed by atoms with Crippen molar-refractivity contribution in [3.63, 3.8) is 0 Å². The van der Waals surface area contributed by atoms with Crippen LogP contribution in [0.1, 0.15) is 31.9 Å². The standard InChI is InChI=1S/C14H21FN2.C2H6/c1-3-16-6-8-17(9-7-16)11-13-5-4-12(2)14(15)10-13;1-2/h4-5,10H,3,6-9,11H2,1-2H3;1-2H3. The highest BCUT2D eigenvalue weighted by Gasteiger charge is 2.15. The number of rotatable bonds is 3. The molecule has 0 spiro atoms. The molecule has 0 N–H and O–H groups in total. The Morgan fingerprint density at radius 2 is 1.63 bits per heavy atom. The molecule has 0 aliphatic carbocycles. The molecule has 1 heterocycles. The van der Waals surface area contributed by atoms with Gasteiger partial charge in [0, 0.05) is 32.7 Å². The van der Waals surface area contributed by atoms with Gasteiger partial charge in [0.25, 0.3) is 0 Å². The molecule has 1 saturated heterocycles. The summed E-state index contributed by atoms with van der Waals surface area (Å²) in [4.78, 5) is 4.85. The number of aryl methyl sites for hydroxylation is 1. The van der Waals surface area contributed by atoms with E-state index < -0.39 is 0 Å². The second-order valence-corrected chi connectivity index (χ2v) is 4.79. The van der Waals surface area contributed by atoms with Crippen LogP contribution >= 0.6 is 0 Å². The van der Waals surface area contributed by atoms with E-state index in [1.54, 1.807) is 13.0 Å². The summed E-state index contributed by atoms with van der Waals surface area (Å²) >= 11 is 0. The first-order valence-corrected chi connectivity index (χ1v) is 7.39. The monoisotopic (exact) mass is 266 g/mol. The fourth-order valence-corrected chi connectivity index (χ4v) is 2.26. The van der Waals surface area contributed by atoms with Crippen molar-refractivity contribution in [1.29, 1.82) is 0 Å². The first-order chi connectivity index (χ1) is 9.19. The van der Waals surface area contributed by atoms with Crippen LogP contribution in [0.4, 0.5) is 4.39 Å². The van der Waals surface area contributed by atoms with Crippen molar-refractivity contribution in [2.24, 2.45) is 0 Å². The summed E-state index contributed by atoms with van der Waals surface area (Å²) in [5.74, 6) is -0.0882. The van der Waals surface area contributed by atoms with Gasteiger partial charge >= 0.3 is 0 Å². The molecule has 3 heteroatoms. The summed E-state index contributed by atoms with van der Waals surface area (Å²) in [6.07, 6.45) is 0. The van der Waals surface area contributed by atoms with Crippen molar-refractivity contribution in [3.05, 3.63) is 35.1 Å². The second-order valence-electron chi connectivity index (χ2n) is 4.79. The van der Waals surface area contributed by atoms with Crippen LogP contribution in [-0.2, 0) is 6.54 Å². The zero-order valence-electron chi connectivity index (χ0n) is 12.7. The summed E-state index contributed by atoms with van der Waals surface area (Å²) in [7, 11) is 0. The molecule has 108 valence electrons. The molecule has 1 aromatic rings. The van der Waals surface area contributed by atoms with E-state index in [0.717, 1.165) is 50.4 Å². The molecule has 0 saturated carbocycles. The lowest BCUT2D eigenvalue weighted by Crippen LogP contribution is -2.45. The summed E-state index contributed by atoms with van der Waals surface area (Å²) in [5.41, 5.74) is 1.81. The van der Waals surface area contributed by atoms with Gasteiger partial charge in [-0.1, -0.05) is 32.9 Å². The highest BCUT2D eigenvalue weighted by Crippen LogP contribution is 2.12. The first-order valence-electron chi connectivity index (χ1n) is 7.39. The number of likely N-dealkylation sites (N-methyl/N-ethyl adjacent to an activating group) is 1. The first kappa shape index (κ1) is 16.1. The van der Waals surface area contributed by atoms with Gasteiger partial charge in [-0.05, 0) is 30.7 Å². The molecule has 0 radical (unpaired) electrons. The molecule has 0 unspecified atom stereocenters. The quantitative estimate of drug-likeness (QED) is 0.828. The molecular weight excluding hydrogens is 239 g/mol. The van der Waals surface area contributed by atoms with Crippen LogP contribution in [0.5, 0.6) is 0 Å². The lowest BCUT2D eigenvalue weighted by atomic mass is 10.1. The van der Waals surface area contributed by atoms with E-state index in [4.69, 9.17) is 0 Å². The van der Waals surface area contributed by atoms with E-state index in [1.807, 2.05) is 26.0 Å². The SMILES string of the molecule is CC.CCN1CCN(Cc2ccc(C)c(F)c2)CC1. The molecule has 0 aromatic heterocycles. The normalized spacial score (nSPS) is 16.9. The van der Waals surface area contributed by atoms with Crippen molar-refractivity contribution in [1.82, 2.24) is 9.80 Å². The lowest BCUT2D eigenvalue weighted by Gasteiger charge is -2.34. The summed E-state index contributed by atoms with van der Waals surface area (Å²) in [6.45, 7) is 14.4. The Morgan fingerprint density at radius 3 is 2.16 bits per heavy atom. The number of halogens is 1. The van der Waals surface area contributed by atoms with Gasteiger partial charge in [0.15, 0.2) is 0 Å². The topological polar surface area (TPSA) is 6.48 Å². The molecule has 1 aromatic carbocycles. The van der Waals surface area contributed by atoms with Crippen molar-refractivity contribution in [3.8, 4) is 0 Å². The van der Waals surface area contributed by atoms with E-state index in [0.29, 0.717) is 0 Å². The van der Waals surface area contributed by atoms with Gasteiger partial charge in [-0.15, -0.1) is 0 Å². The van der Waals surface area contributed by atoms with Gasteiger partial charge < -0.3 is 4.90 Å². The van der Waals surface area contributed by atoms with Gasteiger partial charge in [-0.3, -0.25) is 4.90 Å². The molecule has 2 nitrogen and oxygen atoms in total. The third-order valence-electron chi connectivity index (χ3n) is 3.55. The number of hydrogen-bond donors (Lipinski definition) is 0. The van der Waals surface area contributed by atoms with Crippen molar-refractivity contribution >= 4 is 0 Å². The van der Waals surface area contributed by atoms with Gasteiger partial charge in [-0.25, -0.2) is 4.39 Å². The largest absolute Gasteiger partial charge is 0.301 e. The van der Waals surface area contributed by atoms with Crippen LogP contribution in [0.3, 0.4) is 0 Å². The predicted molar refractivity (Wildman–Crippen MR) is 79.9 cm³/mol. The van der Waals surface area contributed by atoms with Crippen LogP contribution in [0.25, 0.3) is 0 Å². The molecule has 2 rings (SSSR count).